The van der Waals surface area contributed by atoms with Crippen LogP contribution in [0.1, 0.15) is 6.92 Å². The number of nitrogens with zero attached hydrogens (tertiary/aromatic N) is 2. The highest BCUT2D eigenvalue weighted by Crippen LogP contribution is 2.25. The monoisotopic (exact) mass is 232 g/mol. The van der Waals surface area contributed by atoms with Crippen molar-refractivity contribution >= 4 is 22.6 Å². The van der Waals surface area contributed by atoms with Gasteiger partial charge in [0.05, 0.1) is 17.4 Å². The maximum absolute atomic E-state index is 11.1. The molecule has 0 unspecified atom stereocenters. The summed E-state index contributed by atoms with van der Waals surface area (Å²) in [4.78, 5) is 0. The normalized spacial score (nSPS) is 12.5. The molecular formula is C8H12N2O2S2. The van der Waals surface area contributed by atoms with Gasteiger partial charge in [-0.25, -0.2) is 0 Å². The van der Waals surface area contributed by atoms with Gasteiger partial charge < -0.3 is 4.74 Å². The van der Waals surface area contributed by atoms with Gasteiger partial charge >= 0.3 is 0 Å². The molecule has 0 aliphatic heterocycles. The van der Waals surface area contributed by atoms with Crippen LogP contribution in [0.15, 0.2) is 16.1 Å². The van der Waals surface area contributed by atoms with Crippen molar-refractivity contribution in [1.29, 1.82) is 0 Å². The van der Waals surface area contributed by atoms with E-state index >= 15 is 0 Å². The minimum absolute atomic E-state index is 0.450. The maximum Gasteiger partial charge on any atom is 0.161 e. The molecule has 0 spiro atoms. The summed E-state index contributed by atoms with van der Waals surface area (Å²) in [6, 6.07) is 1.68. The third kappa shape index (κ3) is 2.68. The van der Waals surface area contributed by atoms with Crippen LogP contribution in [0.5, 0.6) is 5.75 Å². The van der Waals surface area contributed by atoms with E-state index in [1.54, 1.807) is 12.3 Å². The lowest BCUT2D eigenvalue weighted by Gasteiger charge is -2.06. The minimum atomic E-state index is -1.12. The van der Waals surface area contributed by atoms with Crippen molar-refractivity contribution in [3.8, 4) is 5.75 Å². The lowest BCUT2D eigenvalue weighted by atomic mass is 10.5. The molecule has 6 heteroatoms. The predicted octanol–water partition coefficient (Wildman–Crippen LogP) is 1.33. The number of ether oxygens (including phenoxy) is 1. The third-order valence-corrected chi connectivity index (χ3v) is 2.95. The van der Waals surface area contributed by atoms with Crippen LogP contribution in [0.2, 0.25) is 0 Å². The van der Waals surface area contributed by atoms with Gasteiger partial charge in [0.25, 0.3) is 0 Å². The lowest BCUT2D eigenvalue weighted by Crippen LogP contribution is -2.01. The Kier molecular flexibility index (Phi) is 4.34. The molecule has 0 aliphatic rings. The van der Waals surface area contributed by atoms with Crippen molar-refractivity contribution in [3.63, 3.8) is 0 Å². The van der Waals surface area contributed by atoms with Crippen LogP contribution in [-0.4, -0.2) is 33.5 Å². The van der Waals surface area contributed by atoms with Crippen LogP contribution >= 0.6 is 11.8 Å². The minimum Gasteiger partial charge on any atom is -0.491 e. The van der Waals surface area contributed by atoms with Crippen molar-refractivity contribution in [3.05, 3.63) is 6.07 Å². The second-order valence-corrected chi connectivity index (χ2v) is 4.56. The van der Waals surface area contributed by atoms with E-state index in [-0.39, 0.29) is 0 Å². The summed E-state index contributed by atoms with van der Waals surface area (Å²) in [6.07, 6.45) is 3.47. The van der Waals surface area contributed by atoms with Gasteiger partial charge in [-0.15, -0.1) is 22.0 Å². The van der Waals surface area contributed by atoms with Gasteiger partial charge in [-0.2, -0.15) is 0 Å². The van der Waals surface area contributed by atoms with Crippen molar-refractivity contribution in [2.45, 2.75) is 17.0 Å². The summed E-state index contributed by atoms with van der Waals surface area (Å²) in [5, 5.41) is 8.95. The molecule has 78 valence electrons. The van der Waals surface area contributed by atoms with E-state index in [1.807, 2.05) is 13.2 Å². The van der Waals surface area contributed by atoms with E-state index in [2.05, 4.69) is 10.2 Å². The molecule has 1 heterocycles. The standard InChI is InChI=1S/C8H12N2O2S2/c1-4-12-6-5-7(14(3)11)9-10-8(6)13-2/h5H,4H2,1-3H3/t14-/m1/s1. The van der Waals surface area contributed by atoms with Crippen molar-refractivity contribution in [2.24, 2.45) is 0 Å². The molecule has 4 nitrogen and oxygen atoms in total. The molecule has 1 aromatic rings. The molecule has 0 amide bonds. The van der Waals surface area contributed by atoms with Crippen LogP contribution in [-0.2, 0) is 10.8 Å². The molecule has 0 bridgehead atoms. The fraction of sp³-hybridized carbons (Fsp3) is 0.500. The zero-order valence-corrected chi connectivity index (χ0v) is 9.94. The average molecular weight is 232 g/mol. The van der Waals surface area contributed by atoms with Crippen LogP contribution in [0, 0.1) is 0 Å². The van der Waals surface area contributed by atoms with Crippen LogP contribution in [0.3, 0.4) is 0 Å². The van der Waals surface area contributed by atoms with Crippen molar-refractivity contribution in [1.82, 2.24) is 10.2 Å². The van der Waals surface area contributed by atoms with E-state index in [4.69, 9.17) is 4.74 Å². The molecular weight excluding hydrogens is 220 g/mol. The number of hydrogen-bond donors (Lipinski definition) is 0. The average Bonchev–Trinajstić information content (AvgIpc) is 2.18. The quantitative estimate of drug-likeness (QED) is 0.733. The first kappa shape index (κ1) is 11.5. The predicted molar refractivity (Wildman–Crippen MR) is 57.3 cm³/mol. The second kappa shape index (κ2) is 5.31. The van der Waals surface area contributed by atoms with E-state index in [1.165, 1.54) is 11.8 Å². The molecule has 0 aromatic carbocycles. The molecule has 1 rings (SSSR count). The first-order chi connectivity index (χ1) is 6.69. The van der Waals surface area contributed by atoms with Gasteiger partial charge in [-0.3, -0.25) is 4.21 Å². The van der Waals surface area contributed by atoms with Gasteiger partial charge in [0.1, 0.15) is 0 Å². The Morgan fingerprint density at radius 3 is 2.79 bits per heavy atom. The van der Waals surface area contributed by atoms with E-state index in [9.17, 15) is 4.21 Å². The van der Waals surface area contributed by atoms with E-state index < -0.39 is 10.8 Å². The molecule has 0 radical (unpaired) electrons. The van der Waals surface area contributed by atoms with E-state index in [0.29, 0.717) is 17.4 Å². The highest BCUT2D eigenvalue weighted by molar-refractivity contribution is 7.98. The van der Waals surface area contributed by atoms with Crippen molar-refractivity contribution in [2.75, 3.05) is 19.1 Å². The first-order valence-electron chi connectivity index (χ1n) is 4.07. The molecule has 0 aliphatic carbocycles. The summed E-state index contributed by atoms with van der Waals surface area (Å²) in [5.41, 5.74) is 0. The zero-order chi connectivity index (χ0) is 10.6. The number of thioether (sulfide) groups is 1. The fourth-order valence-electron chi connectivity index (χ4n) is 0.888. The van der Waals surface area contributed by atoms with E-state index in [0.717, 1.165) is 5.03 Å². The Labute approximate surface area is 89.9 Å². The first-order valence-corrected chi connectivity index (χ1v) is 6.85. The summed E-state index contributed by atoms with van der Waals surface area (Å²) >= 11 is 1.46. The molecule has 14 heavy (non-hydrogen) atoms. The second-order valence-electron chi connectivity index (χ2n) is 2.44. The highest BCUT2D eigenvalue weighted by atomic mass is 32.2. The third-order valence-electron chi connectivity index (χ3n) is 1.49. The molecule has 1 atom stereocenters. The Balaban J connectivity index is 3.07. The number of aromatic nitrogens is 2. The number of hydrogen-bond acceptors (Lipinski definition) is 5. The summed E-state index contributed by atoms with van der Waals surface area (Å²) in [6.45, 7) is 2.46. The van der Waals surface area contributed by atoms with Gasteiger partial charge in [0.2, 0.25) is 0 Å². The molecule has 0 fully saturated rings. The smallest absolute Gasteiger partial charge is 0.161 e. The largest absolute Gasteiger partial charge is 0.491 e. The van der Waals surface area contributed by atoms with Gasteiger partial charge in [-0.1, -0.05) is 0 Å². The van der Waals surface area contributed by atoms with Crippen LogP contribution in [0.25, 0.3) is 0 Å². The Bertz CT molecular complexity index is 344. The summed E-state index contributed by atoms with van der Waals surface area (Å²) < 4.78 is 16.5. The maximum atomic E-state index is 11.1. The van der Waals surface area contributed by atoms with Crippen LogP contribution < -0.4 is 4.74 Å². The zero-order valence-electron chi connectivity index (χ0n) is 8.31. The fourth-order valence-corrected chi connectivity index (χ4v) is 1.76. The Hall–Kier alpha value is -0.620. The lowest BCUT2D eigenvalue weighted by molar-refractivity contribution is 0.326. The summed E-state index contributed by atoms with van der Waals surface area (Å²) in [5.74, 6) is 0.653. The molecule has 1 aromatic heterocycles. The molecule has 0 saturated heterocycles. The SMILES string of the molecule is CCOc1cc([S@@](C)=O)nnc1SC. The highest BCUT2D eigenvalue weighted by Gasteiger charge is 2.09. The van der Waals surface area contributed by atoms with Crippen molar-refractivity contribution < 1.29 is 8.95 Å². The van der Waals surface area contributed by atoms with Gasteiger partial charge in [0.15, 0.2) is 15.8 Å². The Morgan fingerprint density at radius 2 is 2.29 bits per heavy atom. The summed E-state index contributed by atoms with van der Waals surface area (Å²) in [7, 11) is -1.12. The Morgan fingerprint density at radius 1 is 1.57 bits per heavy atom. The van der Waals surface area contributed by atoms with Gasteiger partial charge in [-0.05, 0) is 13.2 Å². The van der Waals surface area contributed by atoms with Crippen LogP contribution in [0.4, 0.5) is 0 Å². The molecule has 0 N–H and O–H groups in total. The number of rotatable bonds is 4. The van der Waals surface area contributed by atoms with Gasteiger partial charge in [0, 0.05) is 12.3 Å². The topological polar surface area (TPSA) is 52.1 Å². The molecule has 0 saturated carbocycles.